The van der Waals surface area contributed by atoms with Crippen molar-refractivity contribution < 1.29 is 9.53 Å². The van der Waals surface area contributed by atoms with E-state index in [0.29, 0.717) is 6.54 Å². The van der Waals surface area contributed by atoms with Crippen LogP contribution in [-0.2, 0) is 4.74 Å². The summed E-state index contributed by atoms with van der Waals surface area (Å²) in [6.45, 7) is 3.10. The number of likely N-dealkylation sites (N-methyl/N-ethyl adjacent to an activating group) is 1. The first-order valence-electron chi connectivity index (χ1n) is 4.86. The largest absolute Gasteiger partial charge is 0.374 e. The molecule has 82 valence electrons. The number of ether oxygens (including phenoxy) is 1. The van der Waals surface area contributed by atoms with E-state index in [-0.39, 0.29) is 12.1 Å². The molecule has 0 aromatic rings. The van der Waals surface area contributed by atoms with Gasteiger partial charge >= 0.3 is 6.03 Å². The average molecular weight is 201 g/mol. The maximum atomic E-state index is 11.5. The second kappa shape index (κ2) is 5.17. The second-order valence-corrected chi connectivity index (χ2v) is 3.75. The van der Waals surface area contributed by atoms with Gasteiger partial charge in [0.2, 0.25) is 0 Å². The molecule has 0 bridgehead atoms. The van der Waals surface area contributed by atoms with E-state index in [1.165, 1.54) is 0 Å². The van der Waals surface area contributed by atoms with Gasteiger partial charge in [-0.3, -0.25) is 0 Å². The number of nitrogens with zero attached hydrogens (tertiary/aromatic N) is 2. The van der Waals surface area contributed by atoms with E-state index in [1.807, 2.05) is 0 Å². The summed E-state index contributed by atoms with van der Waals surface area (Å²) in [6, 6.07) is 0.0131. The van der Waals surface area contributed by atoms with E-state index < -0.39 is 0 Å². The Bertz CT molecular complexity index is 190. The zero-order valence-electron chi connectivity index (χ0n) is 9.12. The van der Waals surface area contributed by atoms with Crippen LogP contribution in [0.3, 0.4) is 0 Å². The fourth-order valence-electron chi connectivity index (χ4n) is 1.46. The molecule has 0 aromatic carbocycles. The van der Waals surface area contributed by atoms with Crippen molar-refractivity contribution in [1.29, 1.82) is 0 Å². The number of hydrogen-bond donors (Lipinski definition) is 1. The zero-order chi connectivity index (χ0) is 10.6. The predicted molar refractivity (Wildman–Crippen MR) is 54.3 cm³/mol. The van der Waals surface area contributed by atoms with Crippen molar-refractivity contribution in [3.63, 3.8) is 0 Å². The molecule has 0 aliphatic carbocycles. The fourth-order valence-corrected chi connectivity index (χ4v) is 1.46. The highest BCUT2D eigenvalue weighted by Gasteiger charge is 2.19. The molecule has 1 fully saturated rings. The molecular weight excluding hydrogens is 182 g/mol. The Kier molecular flexibility index (Phi) is 4.16. The molecule has 1 aliphatic rings. The molecule has 5 heteroatoms. The van der Waals surface area contributed by atoms with Gasteiger partial charge in [0.05, 0.1) is 12.7 Å². The van der Waals surface area contributed by atoms with E-state index in [0.717, 1.165) is 19.7 Å². The lowest BCUT2D eigenvalue weighted by Gasteiger charge is -2.29. The maximum Gasteiger partial charge on any atom is 0.319 e. The van der Waals surface area contributed by atoms with Crippen LogP contribution in [-0.4, -0.2) is 69.3 Å². The van der Waals surface area contributed by atoms with Crippen molar-refractivity contribution in [3.8, 4) is 0 Å². The number of urea groups is 1. The summed E-state index contributed by atoms with van der Waals surface area (Å²) in [4.78, 5) is 14.7. The summed E-state index contributed by atoms with van der Waals surface area (Å²) in [5.74, 6) is 0. The Hall–Kier alpha value is -0.810. The van der Waals surface area contributed by atoms with E-state index in [1.54, 1.807) is 30.9 Å². The molecule has 14 heavy (non-hydrogen) atoms. The average Bonchev–Trinajstić information content (AvgIpc) is 2.18. The smallest absolute Gasteiger partial charge is 0.319 e. The molecule has 0 saturated carbocycles. The molecule has 1 rings (SSSR count). The minimum absolute atomic E-state index is 0.0131. The number of amides is 2. The van der Waals surface area contributed by atoms with Gasteiger partial charge in [-0.25, -0.2) is 4.79 Å². The van der Waals surface area contributed by atoms with Crippen molar-refractivity contribution in [2.45, 2.75) is 6.10 Å². The molecule has 2 amide bonds. The van der Waals surface area contributed by atoms with E-state index >= 15 is 0 Å². The van der Waals surface area contributed by atoms with Crippen LogP contribution in [0.15, 0.2) is 0 Å². The topological polar surface area (TPSA) is 44.8 Å². The van der Waals surface area contributed by atoms with Gasteiger partial charge < -0.3 is 19.9 Å². The highest BCUT2D eigenvalue weighted by molar-refractivity contribution is 5.73. The first-order chi connectivity index (χ1) is 6.61. The van der Waals surface area contributed by atoms with Crippen LogP contribution < -0.4 is 5.32 Å². The van der Waals surface area contributed by atoms with Crippen molar-refractivity contribution in [3.05, 3.63) is 0 Å². The summed E-state index contributed by atoms with van der Waals surface area (Å²) < 4.78 is 5.50. The standard InChI is InChI=1S/C9H19N3O2/c1-11(2)9(13)12(3)7-8-6-10-4-5-14-8/h8,10H,4-7H2,1-3H3. The molecule has 1 saturated heterocycles. The zero-order valence-corrected chi connectivity index (χ0v) is 9.12. The lowest BCUT2D eigenvalue weighted by Crippen LogP contribution is -2.47. The normalized spacial score (nSPS) is 21.8. The summed E-state index contributed by atoms with van der Waals surface area (Å²) >= 11 is 0. The Morgan fingerprint density at radius 3 is 2.71 bits per heavy atom. The quantitative estimate of drug-likeness (QED) is 0.660. The molecule has 1 atom stereocenters. The predicted octanol–water partition coefficient (Wildman–Crippen LogP) is -0.412. The summed E-state index contributed by atoms with van der Waals surface area (Å²) in [6.07, 6.45) is 0.123. The van der Waals surface area contributed by atoms with Gasteiger partial charge in [0.1, 0.15) is 0 Å². The number of hydrogen-bond acceptors (Lipinski definition) is 3. The van der Waals surface area contributed by atoms with Gasteiger partial charge in [-0.05, 0) is 0 Å². The van der Waals surface area contributed by atoms with E-state index in [4.69, 9.17) is 4.74 Å². The molecule has 1 unspecified atom stereocenters. The van der Waals surface area contributed by atoms with Crippen LogP contribution in [0.2, 0.25) is 0 Å². The Balaban J connectivity index is 2.31. The van der Waals surface area contributed by atoms with Gasteiger partial charge in [-0.15, -0.1) is 0 Å². The van der Waals surface area contributed by atoms with Crippen molar-refractivity contribution in [1.82, 2.24) is 15.1 Å². The number of morpholine rings is 1. The third-order valence-corrected chi connectivity index (χ3v) is 2.19. The molecule has 0 aromatic heterocycles. The number of rotatable bonds is 2. The van der Waals surface area contributed by atoms with Crippen LogP contribution in [0.25, 0.3) is 0 Å². The van der Waals surface area contributed by atoms with Crippen molar-refractivity contribution in [2.24, 2.45) is 0 Å². The van der Waals surface area contributed by atoms with E-state index in [9.17, 15) is 4.79 Å². The Morgan fingerprint density at radius 1 is 1.50 bits per heavy atom. The Labute approximate surface area is 85.0 Å². The van der Waals surface area contributed by atoms with Crippen molar-refractivity contribution >= 4 is 6.03 Å². The molecule has 1 N–H and O–H groups in total. The maximum absolute atomic E-state index is 11.5. The van der Waals surface area contributed by atoms with Gasteiger partial charge in [0, 0.05) is 40.8 Å². The Morgan fingerprint density at radius 2 is 2.21 bits per heavy atom. The number of carbonyl (C=O) groups is 1. The molecular formula is C9H19N3O2. The second-order valence-electron chi connectivity index (χ2n) is 3.75. The highest BCUT2D eigenvalue weighted by Crippen LogP contribution is 2.00. The van der Waals surface area contributed by atoms with Crippen molar-refractivity contribution in [2.75, 3.05) is 47.4 Å². The van der Waals surface area contributed by atoms with Gasteiger partial charge in [0.15, 0.2) is 0 Å². The van der Waals surface area contributed by atoms with Crippen LogP contribution in [0.4, 0.5) is 4.79 Å². The monoisotopic (exact) mass is 201 g/mol. The molecule has 0 spiro atoms. The summed E-state index contributed by atoms with van der Waals surface area (Å²) in [5, 5.41) is 3.23. The first kappa shape index (κ1) is 11.3. The molecule has 0 radical (unpaired) electrons. The van der Waals surface area contributed by atoms with Gasteiger partial charge in [0.25, 0.3) is 0 Å². The van der Waals surface area contributed by atoms with Crippen LogP contribution in [0.1, 0.15) is 0 Å². The number of carbonyl (C=O) groups excluding carboxylic acids is 1. The third kappa shape index (κ3) is 3.16. The molecule has 1 heterocycles. The van der Waals surface area contributed by atoms with Gasteiger partial charge in [-0.1, -0.05) is 0 Å². The number of nitrogens with one attached hydrogen (secondary N) is 1. The molecule has 5 nitrogen and oxygen atoms in total. The fraction of sp³-hybridized carbons (Fsp3) is 0.889. The molecule has 1 aliphatic heterocycles. The minimum Gasteiger partial charge on any atom is -0.374 e. The lowest BCUT2D eigenvalue weighted by atomic mass is 10.3. The third-order valence-electron chi connectivity index (χ3n) is 2.19. The van der Waals surface area contributed by atoms with E-state index in [2.05, 4.69) is 5.32 Å². The van der Waals surface area contributed by atoms with Crippen LogP contribution in [0, 0.1) is 0 Å². The highest BCUT2D eigenvalue weighted by atomic mass is 16.5. The van der Waals surface area contributed by atoms with Crippen LogP contribution in [0.5, 0.6) is 0 Å². The minimum atomic E-state index is 0.0131. The SMILES string of the molecule is CN(C)C(=O)N(C)CC1CNCCO1. The van der Waals surface area contributed by atoms with Gasteiger partial charge in [-0.2, -0.15) is 0 Å². The van der Waals surface area contributed by atoms with Crippen LogP contribution >= 0.6 is 0 Å². The first-order valence-corrected chi connectivity index (χ1v) is 4.86. The lowest BCUT2D eigenvalue weighted by molar-refractivity contribution is 0.0139. The summed E-state index contributed by atoms with van der Waals surface area (Å²) in [5.41, 5.74) is 0. The summed E-state index contributed by atoms with van der Waals surface area (Å²) in [7, 11) is 5.29.